The molecule has 0 aliphatic carbocycles. The Bertz CT molecular complexity index is 523. The van der Waals surface area contributed by atoms with Gasteiger partial charge in [0.05, 0.1) is 5.56 Å². The van der Waals surface area contributed by atoms with Crippen molar-refractivity contribution in [2.75, 3.05) is 19.6 Å². The molecule has 0 aromatic heterocycles. The van der Waals surface area contributed by atoms with E-state index in [1.165, 1.54) is 12.1 Å². The van der Waals surface area contributed by atoms with E-state index >= 15 is 0 Å². The van der Waals surface area contributed by atoms with Crippen LogP contribution in [0, 0.1) is 18.6 Å². The number of carbonyl (C=O) groups is 1. The van der Waals surface area contributed by atoms with Gasteiger partial charge in [0.15, 0.2) is 0 Å². The van der Waals surface area contributed by atoms with Crippen LogP contribution in [0.5, 0.6) is 0 Å². The largest absolute Gasteiger partial charge is 0.444 e. The molecule has 1 atom stereocenters. The predicted octanol–water partition coefficient (Wildman–Crippen LogP) is 2.59. The number of nitrogens with zero attached hydrogens (tertiary/aromatic N) is 1. The van der Waals surface area contributed by atoms with Gasteiger partial charge in [-0.1, -0.05) is 13.0 Å². The Morgan fingerprint density at radius 2 is 2.24 bits per heavy atom. The fourth-order valence-corrected chi connectivity index (χ4v) is 2.43. The van der Waals surface area contributed by atoms with Gasteiger partial charge in [-0.3, -0.25) is 0 Å². The predicted molar refractivity (Wildman–Crippen MR) is 74.9 cm³/mol. The van der Waals surface area contributed by atoms with Crippen LogP contribution in [-0.2, 0) is 11.3 Å². The first-order valence-corrected chi connectivity index (χ1v) is 7.12. The van der Waals surface area contributed by atoms with Crippen LogP contribution in [0.4, 0.5) is 13.6 Å². The molecule has 1 heterocycles. The minimum absolute atomic E-state index is 0.0541. The highest BCUT2D eigenvalue weighted by Gasteiger charge is 2.26. The third kappa shape index (κ3) is 3.50. The van der Waals surface area contributed by atoms with Crippen LogP contribution in [0.15, 0.2) is 12.1 Å². The maximum atomic E-state index is 13.8. The molecule has 1 N–H and O–H groups in total. The number of hydrogen-bond donors (Lipinski definition) is 1. The molecule has 1 fully saturated rings. The Kier molecular flexibility index (Phi) is 5.12. The molecule has 1 amide bonds. The highest BCUT2D eigenvalue weighted by Crippen LogP contribution is 2.18. The van der Waals surface area contributed by atoms with Gasteiger partial charge >= 0.3 is 6.09 Å². The molecule has 0 unspecified atom stereocenters. The van der Waals surface area contributed by atoms with Crippen molar-refractivity contribution in [3.63, 3.8) is 0 Å². The normalized spacial score (nSPS) is 18.7. The molecule has 4 nitrogen and oxygen atoms in total. The van der Waals surface area contributed by atoms with Crippen LogP contribution < -0.4 is 5.32 Å². The second-order valence-corrected chi connectivity index (χ2v) is 5.17. The number of ether oxygens (including phenoxy) is 1. The van der Waals surface area contributed by atoms with Gasteiger partial charge in [0, 0.05) is 25.7 Å². The van der Waals surface area contributed by atoms with E-state index in [4.69, 9.17) is 4.74 Å². The van der Waals surface area contributed by atoms with Gasteiger partial charge in [-0.25, -0.2) is 13.6 Å². The molecule has 0 saturated carbocycles. The Morgan fingerprint density at radius 1 is 1.48 bits per heavy atom. The van der Waals surface area contributed by atoms with Crippen LogP contribution >= 0.6 is 0 Å². The molecule has 0 radical (unpaired) electrons. The fourth-order valence-electron chi connectivity index (χ4n) is 2.43. The van der Waals surface area contributed by atoms with Gasteiger partial charge in [-0.05, 0) is 25.0 Å². The number of aryl methyl sites for hydroxylation is 1. The molecule has 6 heteroatoms. The molecule has 1 aromatic rings. The average molecular weight is 298 g/mol. The lowest BCUT2D eigenvalue weighted by Crippen LogP contribution is -2.53. The maximum Gasteiger partial charge on any atom is 0.410 e. The van der Waals surface area contributed by atoms with Crippen molar-refractivity contribution < 1.29 is 18.3 Å². The van der Waals surface area contributed by atoms with Crippen LogP contribution in [0.2, 0.25) is 0 Å². The van der Waals surface area contributed by atoms with E-state index in [-0.39, 0.29) is 11.6 Å². The molecule has 0 bridgehead atoms. The Labute approximate surface area is 123 Å². The van der Waals surface area contributed by atoms with Crippen molar-refractivity contribution in [1.29, 1.82) is 0 Å². The summed E-state index contributed by atoms with van der Waals surface area (Å²) in [6, 6.07) is 2.60. The van der Waals surface area contributed by atoms with Crippen LogP contribution in [0.3, 0.4) is 0 Å². The lowest BCUT2D eigenvalue weighted by Gasteiger charge is -2.34. The Morgan fingerprint density at radius 3 is 2.95 bits per heavy atom. The van der Waals surface area contributed by atoms with E-state index in [1.54, 1.807) is 11.8 Å². The van der Waals surface area contributed by atoms with E-state index in [0.717, 1.165) is 6.42 Å². The number of halogens is 2. The monoisotopic (exact) mass is 298 g/mol. The summed E-state index contributed by atoms with van der Waals surface area (Å²) in [6.45, 7) is 5.08. The lowest BCUT2D eigenvalue weighted by molar-refractivity contribution is 0.0699. The summed E-state index contributed by atoms with van der Waals surface area (Å²) in [4.78, 5) is 13.7. The molecule has 1 saturated heterocycles. The molecule has 1 aromatic carbocycles. The van der Waals surface area contributed by atoms with E-state index in [9.17, 15) is 13.6 Å². The zero-order valence-corrected chi connectivity index (χ0v) is 12.3. The quantitative estimate of drug-likeness (QED) is 0.932. The third-order valence-electron chi connectivity index (χ3n) is 3.78. The molecule has 2 rings (SSSR count). The van der Waals surface area contributed by atoms with Gasteiger partial charge in [0.1, 0.15) is 18.2 Å². The second kappa shape index (κ2) is 6.85. The molecular formula is C15H20F2N2O2. The molecule has 0 spiro atoms. The SMILES string of the molecule is CC[C@@H]1CNCCN1C(=O)OCc1c(F)ccc(C)c1F. The zero-order chi connectivity index (χ0) is 15.4. The molecule has 1 aliphatic heterocycles. The minimum atomic E-state index is -0.696. The maximum absolute atomic E-state index is 13.8. The van der Waals surface area contributed by atoms with E-state index in [1.807, 2.05) is 6.92 Å². The van der Waals surface area contributed by atoms with E-state index in [0.29, 0.717) is 25.2 Å². The third-order valence-corrected chi connectivity index (χ3v) is 3.78. The molecule has 116 valence electrons. The van der Waals surface area contributed by atoms with E-state index < -0.39 is 24.3 Å². The molecule has 1 aliphatic rings. The number of piperazine rings is 1. The number of rotatable bonds is 3. The van der Waals surface area contributed by atoms with Gasteiger partial charge in [-0.15, -0.1) is 0 Å². The first kappa shape index (κ1) is 15.7. The summed E-state index contributed by atoms with van der Waals surface area (Å²) in [5.74, 6) is -1.35. The summed E-state index contributed by atoms with van der Waals surface area (Å²) in [7, 11) is 0. The summed E-state index contributed by atoms with van der Waals surface area (Å²) in [5, 5.41) is 3.20. The number of hydrogen-bond acceptors (Lipinski definition) is 3. The van der Waals surface area contributed by atoms with Gasteiger partial charge in [0.25, 0.3) is 0 Å². The van der Waals surface area contributed by atoms with Crippen LogP contribution in [0.25, 0.3) is 0 Å². The Balaban J connectivity index is 2.02. The summed E-state index contributed by atoms with van der Waals surface area (Å²) >= 11 is 0. The van der Waals surface area contributed by atoms with Crippen LogP contribution in [0.1, 0.15) is 24.5 Å². The first-order valence-electron chi connectivity index (χ1n) is 7.12. The Hall–Kier alpha value is -1.69. The highest BCUT2D eigenvalue weighted by molar-refractivity contribution is 5.68. The van der Waals surface area contributed by atoms with Crippen molar-refractivity contribution in [2.45, 2.75) is 32.9 Å². The topological polar surface area (TPSA) is 41.6 Å². The summed E-state index contributed by atoms with van der Waals surface area (Å²) in [5.41, 5.74) is 0.127. The lowest BCUT2D eigenvalue weighted by atomic mass is 10.1. The van der Waals surface area contributed by atoms with E-state index in [2.05, 4.69) is 5.32 Å². The standard InChI is InChI=1S/C15H20F2N2O2/c1-3-11-8-18-6-7-19(11)15(20)21-9-12-13(16)5-4-10(2)14(12)17/h4-5,11,18H,3,6-9H2,1-2H3/t11-/m1/s1. The van der Waals surface area contributed by atoms with Crippen LogP contribution in [-0.4, -0.2) is 36.7 Å². The first-order chi connectivity index (χ1) is 10.0. The van der Waals surface area contributed by atoms with Crippen molar-refractivity contribution in [3.05, 3.63) is 34.9 Å². The van der Waals surface area contributed by atoms with Crippen molar-refractivity contribution in [2.24, 2.45) is 0 Å². The molecule has 21 heavy (non-hydrogen) atoms. The van der Waals surface area contributed by atoms with Crippen molar-refractivity contribution in [3.8, 4) is 0 Å². The molecular weight excluding hydrogens is 278 g/mol. The summed E-state index contributed by atoms with van der Waals surface area (Å²) < 4.78 is 32.5. The van der Waals surface area contributed by atoms with Gasteiger partial charge < -0.3 is 15.0 Å². The minimum Gasteiger partial charge on any atom is -0.444 e. The number of nitrogens with one attached hydrogen (secondary N) is 1. The van der Waals surface area contributed by atoms with Gasteiger partial charge in [-0.2, -0.15) is 0 Å². The zero-order valence-electron chi connectivity index (χ0n) is 12.3. The van der Waals surface area contributed by atoms with Crippen molar-refractivity contribution in [1.82, 2.24) is 10.2 Å². The average Bonchev–Trinajstić information content (AvgIpc) is 2.50. The highest BCUT2D eigenvalue weighted by atomic mass is 19.1. The second-order valence-electron chi connectivity index (χ2n) is 5.17. The van der Waals surface area contributed by atoms with Gasteiger partial charge in [0.2, 0.25) is 0 Å². The number of carbonyl (C=O) groups excluding carboxylic acids is 1. The smallest absolute Gasteiger partial charge is 0.410 e. The number of amides is 1. The summed E-state index contributed by atoms with van der Waals surface area (Å²) in [6.07, 6.45) is 0.276. The van der Waals surface area contributed by atoms with Crippen molar-refractivity contribution >= 4 is 6.09 Å². The fraction of sp³-hybridized carbons (Fsp3) is 0.533. The number of benzene rings is 1.